The third-order valence-electron chi connectivity index (χ3n) is 6.49. The zero-order valence-corrected chi connectivity index (χ0v) is 17.9. The first-order valence-corrected chi connectivity index (χ1v) is 10.4. The number of methoxy groups -OCH3 is 1. The first-order valence-electron chi connectivity index (χ1n) is 10.4. The highest BCUT2D eigenvalue weighted by Gasteiger charge is 2.44. The Kier molecular flexibility index (Phi) is 6.81. The Morgan fingerprint density at radius 1 is 1.06 bits per heavy atom. The van der Waals surface area contributed by atoms with Crippen molar-refractivity contribution in [2.24, 2.45) is 11.7 Å². The third kappa shape index (κ3) is 4.97. The standard InChI is InChI=1S/C21H25NO.C4H4O4/c1-21-13-17-6-4-3-5-14(17)7-8-16(20(21)22)11-15-9-10-18(23-2)12-19(15)21;5-3(6)1-2-4(7)8/h3-6,9-10,12,16,20H,7-8,11,13,22H2,1-2H3;1-2H,(H,5,6)(H,7,8)/b;2-1+/t16?,20?,21-;/m1./s1. The predicted octanol–water partition coefficient (Wildman–Crippen LogP) is 3.35. The van der Waals surface area contributed by atoms with E-state index in [-0.39, 0.29) is 11.5 Å². The largest absolute Gasteiger partial charge is 0.497 e. The van der Waals surface area contributed by atoms with Crippen LogP contribution in [0.4, 0.5) is 0 Å². The Labute approximate surface area is 182 Å². The van der Waals surface area contributed by atoms with E-state index in [0.29, 0.717) is 18.1 Å². The van der Waals surface area contributed by atoms with Gasteiger partial charge < -0.3 is 20.7 Å². The first kappa shape index (κ1) is 22.6. The van der Waals surface area contributed by atoms with Crippen LogP contribution >= 0.6 is 0 Å². The van der Waals surface area contributed by atoms with Crippen molar-refractivity contribution in [2.45, 2.75) is 44.1 Å². The number of fused-ring (bicyclic) bond motifs is 5. The van der Waals surface area contributed by atoms with Crippen LogP contribution in [-0.4, -0.2) is 35.3 Å². The Bertz CT molecular complexity index is 983. The topological polar surface area (TPSA) is 110 Å². The van der Waals surface area contributed by atoms with Crippen LogP contribution in [0.25, 0.3) is 0 Å². The SMILES string of the molecule is COc1ccc2c(c1)[C@@]1(C)Cc3ccccc3CCC(C2)C1N.O=C(O)/C=C/C(=O)O. The van der Waals surface area contributed by atoms with Gasteiger partial charge in [-0.2, -0.15) is 0 Å². The van der Waals surface area contributed by atoms with Gasteiger partial charge in [-0.1, -0.05) is 37.3 Å². The summed E-state index contributed by atoms with van der Waals surface area (Å²) in [6.45, 7) is 2.35. The maximum Gasteiger partial charge on any atom is 0.328 e. The predicted molar refractivity (Wildman–Crippen MR) is 118 cm³/mol. The minimum absolute atomic E-state index is 0.0245. The zero-order valence-electron chi connectivity index (χ0n) is 17.9. The molecule has 2 aromatic carbocycles. The van der Waals surface area contributed by atoms with E-state index in [2.05, 4.69) is 49.4 Å². The van der Waals surface area contributed by atoms with Gasteiger partial charge in [0, 0.05) is 23.6 Å². The lowest BCUT2D eigenvalue weighted by Crippen LogP contribution is -2.54. The van der Waals surface area contributed by atoms with Gasteiger partial charge in [0.05, 0.1) is 7.11 Å². The molecule has 2 aliphatic rings. The lowest BCUT2D eigenvalue weighted by molar-refractivity contribution is -0.134. The van der Waals surface area contributed by atoms with Gasteiger partial charge in [-0.15, -0.1) is 0 Å². The van der Waals surface area contributed by atoms with Crippen LogP contribution in [0.3, 0.4) is 0 Å². The minimum Gasteiger partial charge on any atom is -0.497 e. The fourth-order valence-electron chi connectivity index (χ4n) is 4.85. The molecule has 2 aromatic rings. The van der Waals surface area contributed by atoms with Gasteiger partial charge in [-0.25, -0.2) is 9.59 Å². The molecule has 0 radical (unpaired) electrons. The van der Waals surface area contributed by atoms with Crippen molar-refractivity contribution in [1.29, 1.82) is 0 Å². The van der Waals surface area contributed by atoms with Crippen LogP contribution in [0.1, 0.15) is 35.6 Å². The maximum atomic E-state index is 9.55. The average molecular weight is 424 g/mol. The van der Waals surface area contributed by atoms with Crippen LogP contribution in [-0.2, 0) is 34.3 Å². The van der Waals surface area contributed by atoms with Crippen LogP contribution in [0.5, 0.6) is 5.75 Å². The fraction of sp³-hybridized carbons (Fsp3) is 0.360. The minimum atomic E-state index is -1.26. The van der Waals surface area contributed by atoms with Gasteiger partial charge in [0.2, 0.25) is 0 Å². The van der Waals surface area contributed by atoms with Crippen molar-refractivity contribution in [2.75, 3.05) is 7.11 Å². The quantitative estimate of drug-likeness (QED) is 0.653. The molecule has 0 saturated carbocycles. The number of hydrogen-bond acceptors (Lipinski definition) is 4. The van der Waals surface area contributed by atoms with E-state index >= 15 is 0 Å². The zero-order chi connectivity index (χ0) is 22.6. The van der Waals surface area contributed by atoms with Gasteiger partial charge in [0.25, 0.3) is 0 Å². The van der Waals surface area contributed by atoms with E-state index in [9.17, 15) is 9.59 Å². The molecular weight excluding hydrogens is 394 g/mol. The molecule has 4 N–H and O–H groups in total. The Morgan fingerprint density at radius 3 is 2.32 bits per heavy atom. The van der Waals surface area contributed by atoms with Gasteiger partial charge in [0.15, 0.2) is 0 Å². The number of ether oxygens (including phenoxy) is 1. The van der Waals surface area contributed by atoms with E-state index < -0.39 is 11.9 Å². The molecule has 3 atom stereocenters. The summed E-state index contributed by atoms with van der Waals surface area (Å²) < 4.78 is 5.48. The van der Waals surface area contributed by atoms with Crippen molar-refractivity contribution in [3.63, 3.8) is 0 Å². The summed E-state index contributed by atoms with van der Waals surface area (Å²) in [7, 11) is 1.74. The number of carboxylic acid groups (broad SMARTS) is 2. The van der Waals surface area contributed by atoms with Crippen molar-refractivity contribution in [1.82, 2.24) is 0 Å². The molecule has 6 nitrogen and oxygen atoms in total. The number of carbonyl (C=O) groups is 2. The summed E-state index contributed by atoms with van der Waals surface area (Å²) in [6.07, 6.45) is 5.55. The molecule has 0 aliphatic heterocycles. The summed E-state index contributed by atoms with van der Waals surface area (Å²) in [4.78, 5) is 19.1. The number of aliphatic carboxylic acids is 2. The molecule has 0 spiro atoms. The van der Waals surface area contributed by atoms with E-state index in [0.717, 1.165) is 25.0 Å². The van der Waals surface area contributed by atoms with Gasteiger partial charge in [0.1, 0.15) is 5.75 Å². The van der Waals surface area contributed by atoms with E-state index in [1.54, 1.807) is 7.11 Å². The van der Waals surface area contributed by atoms with Gasteiger partial charge >= 0.3 is 11.9 Å². The molecule has 0 aromatic heterocycles. The van der Waals surface area contributed by atoms with Crippen molar-refractivity contribution < 1.29 is 24.5 Å². The van der Waals surface area contributed by atoms with E-state index in [4.69, 9.17) is 20.7 Å². The molecule has 2 bridgehead atoms. The Hall–Kier alpha value is -3.12. The molecule has 164 valence electrons. The summed E-state index contributed by atoms with van der Waals surface area (Å²) >= 11 is 0. The molecule has 31 heavy (non-hydrogen) atoms. The molecule has 0 heterocycles. The fourth-order valence-corrected chi connectivity index (χ4v) is 4.85. The monoisotopic (exact) mass is 423 g/mol. The highest BCUT2D eigenvalue weighted by molar-refractivity contribution is 5.89. The number of benzene rings is 2. The second-order valence-electron chi connectivity index (χ2n) is 8.42. The van der Waals surface area contributed by atoms with E-state index in [1.165, 1.54) is 28.7 Å². The molecule has 6 heteroatoms. The maximum absolute atomic E-state index is 9.55. The molecule has 4 rings (SSSR count). The second-order valence-corrected chi connectivity index (χ2v) is 8.42. The summed E-state index contributed by atoms with van der Waals surface area (Å²) in [5, 5.41) is 15.6. The summed E-state index contributed by atoms with van der Waals surface area (Å²) in [6, 6.07) is 15.6. The third-order valence-corrected chi connectivity index (χ3v) is 6.49. The molecule has 2 aliphatic carbocycles. The summed E-state index contributed by atoms with van der Waals surface area (Å²) in [5.74, 6) is -1.01. The number of carboxylic acids is 2. The van der Waals surface area contributed by atoms with E-state index in [1.807, 2.05) is 0 Å². The highest BCUT2D eigenvalue weighted by atomic mass is 16.5. The van der Waals surface area contributed by atoms with Crippen LogP contribution in [0.15, 0.2) is 54.6 Å². The normalized spacial score (nSPS) is 24.0. The lowest BCUT2D eigenvalue weighted by Gasteiger charge is -2.47. The first-order chi connectivity index (χ1) is 14.7. The Balaban J connectivity index is 0.000000293. The average Bonchev–Trinajstić information content (AvgIpc) is 2.75. The summed E-state index contributed by atoms with van der Waals surface area (Å²) in [5.41, 5.74) is 12.6. The van der Waals surface area contributed by atoms with Crippen LogP contribution in [0.2, 0.25) is 0 Å². The second kappa shape index (κ2) is 9.35. The smallest absolute Gasteiger partial charge is 0.328 e. The van der Waals surface area contributed by atoms with Crippen LogP contribution in [0, 0.1) is 5.92 Å². The molecule has 0 amide bonds. The number of rotatable bonds is 3. The van der Waals surface area contributed by atoms with Crippen molar-refractivity contribution in [3.8, 4) is 5.75 Å². The van der Waals surface area contributed by atoms with Gasteiger partial charge in [-0.05, 0) is 66.0 Å². The molecule has 0 saturated heterocycles. The molecular formula is C25H29NO5. The Morgan fingerprint density at radius 2 is 1.71 bits per heavy atom. The van der Waals surface area contributed by atoms with Crippen LogP contribution < -0.4 is 10.5 Å². The molecule has 0 fully saturated rings. The molecule has 2 unspecified atom stereocenters. The number of nitrogens with two attached hydrogens (primary N) is 1. The number of aryl methyl sites for hydroxylation is 1. The van der Waals surface area contributed by atoms with Crippen molar-refractivity contribution >= 4 is 11.9 Å². The highest BCUT2D eigenvalue weighted by Crippen LogP contribution is 2.45. The lowest BCUT2D eigenvalue weighted by atomic mass is 9.59. The van der Waals surface area contributed by atoms with Gasteiger partial charge in [-0.3, -0.25) is 0 Å². The van der Waals surface area contributed by atoms with Crippen molar-refractivity contribution in [3.05, 3.63) is 76.9 Å². The number of hydrogen-bond donors (Lipinski definition) is 3.